The molecule has 2 aromatic heterocycles. The Bertz CT molecular complexity index is 622. The Balaban J connectivity index is 1.75. The van der Waals surface area contributed by atoms with Crippen molar-refractivity contribution in [3.05, 3.63) is 47.0 Å². The highest BCUT2D eigenvalue weighted by molar-refractivity contribution is 5.93. The van der Waals surface area contributed by atoms with E-state index in [1.807, 2.05) is 19.2 Å². The third-order valence-corrected chi connectivity index (χ3v) is 3.69. The van der Waals surface area contributed by atoms with Gasteiger partial charge in [-0.3, -0.25) is 19.8 Å². The van der Waals surface area contributed by atoms with Gasteiger partial charge in [0.1, 0.15) is 0 Å². The van der Waals surface area contributed by atoms with Crippen LogP contribution in [0.25, 0.3) is 0 Å². The van der Waals surface area contributed by atoms with E-state index in [4.69, 9.17) is 0 Å². The summed E-state index contributed by atoms with van der Waals surface area (Å²) in [4.78, 5) is 18.5. The van der Waals surface area contributed by atoms with Crippen LogP contribution in [0.15, 0.2) is 24.5 Å². The van der Waals surface area contributed by atoms with Gasteiger partial charge in [-0.1, -0.05) is 6.07 Å². The first-order chi connectivity index (χ1) is 10.3. The molecule has 6 heteroatoms. The fraction of sp³-hybridized carbons (Fsp3) is 0.400. The maximum absolute atomic E-state index is 12.0. The van der Waals surface area contributed by atoms with Crippen molar-refractivity contribution in [3.8, 4) is 0 Å². The van der Waals surface area contributed by atoms with E-state index in [0.29, 0.717) is 12.2 Å². The molecule has 0 saturated heterocycles. The molecule has 0 radical (unpaired) electrons. The van der Waals surface area contributed by atoms with Crippen molar-refractivity contribution in [1.82, 2.24) is 25.4 Å². The third kappa shape index (κ3) is 2.95. The van der Waals surface area contributed by atoms with E-state index in [0.717, 1.165) is 37.3 Å². The summed E-state index contributed by atoms with van der Waals surface area (Å²) in [6, 6.07) is 4.02. The predicted molar refractivity (Wildman–Crippen MR) is 78.6 cm³/mol. The molecule has 6 nitrogen and oxygen atoms in total. The van der Waals surface area contributed by atoms with Crippen LogP contribution in [-0.2, 0) is 19.5 Å². The summed E-state index contributed by atoms with van der Waals surface area (Å²) in [6.45, 7) is 5.06. The first-order valence-electron chi connectivity index (χ1n) is 7.23. The number of amides is 1. The van der Waals surface area contributed by atoms with Crippen molar-refractivity contribution < 1.29 is 4.79 Å². The largest absolute Gasteiger partial charge is 0.351 e. The number of hydrogen-bond acceptors (Lipinski definition) is 4. The molecule has 3 rings (SSSR count). The Morgan fingerprint density at radius 1 is 1.52 bits per heavy atom. The summed E-state index contributed by atoms with van der Waals surface area (Å²) in [5, 5.41) is 9.99. The number of aromatic amines is 1. The summed E-state index contributed by atoms with van der Waals surface area (Å²) < 4.78 is 0. The standard InChI is InChI=1S/C15H19N5O/c1-2-17-15(21)14-12-10-20(7-5-13(12)18-19-14)9-11-4-3-6-16-8-11/h3-4,6,8H,2,5,7,9-10H2,1H3,(H,17,21)(H,18,19). The van der Waals surface area contributed by atoms with Gasteiger partial charge in [0.15, 0.2) is 5.69 Å². The van der Waals surface area contributed by atoms with E-state index in [1.54, 1.807) is 6.20 Å². The van der Waals surface area contributed by atoms with Crippen LogP contribution in [0.2, 0.25) is 0 Å². The third-order valence-electron chi connectivity index (χ3n) is 3.69. The van der Waals surface area contributed by atoms with Crippen LogP contribution in [0, 0.1) is 0 Å². The Morgan fingerprint density at radius 3 is 3.19 bits per heavy atom. The van der Waals surface area contributed by atoms with Gasteiger partial charge in [-0.25, -0.2) is 0 Å². The van der Waals surface area contributed by atoms with Crippen molar-refractivity contribution in [3.63, 3.8) is 0 Å². The number of pyridine rings is 1. The first kappa shape index (κ1) is 13.8. The van der Waals surface area contributed by atoms with E-state index in [2.05, 4.69) is 31.5 Å². The second-order valence-corrected chi connectivity index (χ2v) is 5.21. The van der Waals surface area contributed by atoms with Gasteiger partial charge in [-0.15, -0.1) is 0 Å². The number of rotatable bonds is 4. The second kappa shape index (κ2) is 6.05. The van der Waals surface area contributed by atoms with Gasteiger partial charge >= 0.3 is 0 Å². The zero-order valence-electron chi connectivity index (χ0n) is 12.1. The second-order valence-electron chi connectivity index (χ2n) is 5.21. The van der Waals surface area contributed by atoms with E-state index >= 15 is 0 Å². The minimum Gasteiger partial charge on any atom is -0.351 e. The summed E-state index contributed by atoms with van der Waals surface area (Å²) in [6.07, 6.45) is 4.55. The molecule has 0 unspecified atom stereocenters. The van der Waals surface area contributed by atoms with Crippen molar-refractivity contribution in [1.29, 1.82) is 0 Å². The molecule has 0 saturated carbocycles. The van der Waals surface area contributed by atoms with Gasteiger partial charge in [0, 0.05) is 56.3 Å². The maximum Gasteiger partial charge on any atom is 0.272 e. The van der Waals surface area contributed by atoms with Gasteiger partial charge < -0.3 is 5.32 Å². The molecular weight excluding hydrogens is 266 g/mol. The molecule has 1 aliphatic rings. The molecule has 2 aromatic rings. The fourth-order valence-corrected chi connectivity index (χ4v) is 2.67. The lowest BCUT2D eigenvalue weighted by molar-refractivity contribution is 0.0948. The van der Waals surface area contributed by atoms with E-state index in [-0.39, 0.29) is 5.91 Å². The highest BCUT2D eigenvalue weighted by atomic mass is 16.1. The molecule has 0 fully saturated rings. The van der Waals surface area contributed by atoms with Crippen molar-refractivity contribution >= 4 is 5.91 Å². The minimum atomic E-state index is -0.0989. The van der Waals surface area contributed by atoms with Gasteiger partial charge in [0.05, 0.1) is 0 Å². The van der Waals surface area contributed by atoms with Gasteiger partial charge in [-0.2, -0.15) is 5.10 Å². The zero-order chi connectivity index (χ0) is 14.7. The molecule has 2 N–H and O–H groups in total. The number of H-pyrrole nitrogens is 1. The molecule has 1 aliphatic heterocycles. The van der Waals surface area contributed by atoms with Crippen LogP contribution < -0.4 is 5.32 Å². The molecule has 1 amide bonds. The average Bonchev–Trinajstić information content (AvgIpc) is 2.92. The van der Waals surface area contributed by atoms with E-state index in [1.165, 1.54) is 5.56 Å². The van der Waals surface area contributed by atoms with Gasteiger partial charge in [0.25, 0.3) is 5.91 Å². The number of nitrogens with zero attached hydrogens (tertiary/aromatic N) is 3. The Morgan fingerprint density at radius 2 is 2.43 bits per heavy atom. The molecule has 0 aliphatic carbocycles. The molecule has 3 heterocycles. The van der Waals surface area contributed by atoms with E-state index in [9.17, 15) is 4.79 Å². The smallest absolute Gasteiger partial charge is 0.272 e. The number of nitrogens with one attached hydrogen (secondary N) is 2. The SMILES string of the molecule is CCNC(=O)c1n[nH]c2c1CN(Cc1cccnc1)CC2. The number of carbonyl (C=O) groups is 1. The number of hydrogen-bond donors (Lipinski definition) is 2. The maximum atomic E-state index is 12.0. The lowest BCUT2D eigenvalue weighted by atomic mass is 10.0. The van der Waals surface area contributed by atoms with Gasteiger partial charge in [-0.05, 0) is 18.6 Å². The van der Waals surface area contributed by atoms with Crippen molar-refractivity contribution in [2.75, 3.05) is 13.1 Å². The molecule has 0 atom stereocenters. The van der Waals surface area contributed by atoms with Crippen LogP contribution in [0.3, 0.4) is 0 Å². The van der Waals surface area contributed by atoms with Gasteiger partial charge in [0.2, 0.25) is 0 Å². The summed E-state index contributed by atoms with van der Waals surface area (Å²) in [5.41, 5.74) is 3.82. The average molecular weight is 285 g/mol. The van der Waals surface area contributed by atoms with Crippen LogP contribution >= 0.6 is 0 Å². The minimum absolute atomic E-state index is 0.0989. The fourth-order valence-electron chi connectivity index (χ4n) is 2.67. The Kier molecular flexibility index (Phi) is 3.96. The molecular formula is C15H19N5O. The quantitative estimate of drug-likeness (QED) is 0.882. The zero-order valence-corrected chi connectivity index (χ0v) is 12.1. The molecule has 21 heavy (non-hydrogen) atoms. The molecule has 110 valence electrons. The lowest BCUT2D eigenvalue weighted by Crippen LogP contribution is -2.32. The monoisotopic (exact) mass is 285 g/mol. The number of fused-ring (bicyclic) bond motifs is 1. The first-order valence-corrected chi connectivity index (χ1v) is 7.23. The van der Waals surface area contributed by atoms with Crippen molar-refractivity contribution in [2.45, 2.75) is 26.4 Å². The van der Waals surface area contributed by atoms with Crippen LogP contribution in [0.4, 0.5) is 0 Å². The van der Waals surface area contributed by atoms with Crippen molar-refractivity contribution in [2.24, 2.45) is 0 Å². The summed E-state index contributed by atoms with van der Waals surface area (Å²) >= 11 is 0. The molecule has 0 bridgehead atoms. The normalized spacial score (nSPS) is 14.7. The lowest BCUT2D eigenvalue weighted by Gasteiger charge is -2.26. The summed E-state index contributed by atoms with van der Waals surface area (Å²) in [7, 11) is 0. The van der Waals surface area contributed by atoms with Crippen LogP contribution in [-0.4, -0.2) is 39.1 Å². The van der Waals surface area contributed by atoms with E-state index < -0.39 is 0 Å². The number of carbonyl (C=O) groups excluding carboxylic acids is 1. The number of aromatic nitrogens is 3. The highest BCUT2D eigenvalue weighted by Crippen LogP contribution is 2.21. The highest BCUT2D eigenvalue weighted by Gasteiger charge is 2.25. The Labute approximate surface area is 123 Å². The summed E-state index contributed by atoms with van der Waals surface area (Å²) in [5.74, 6) is -0.0989. The topological polar surface area (TPSA) is 73.9 Å². The molecule has 0 spiro atoms. The molecule has 0 aromatic carbocycles. The van der Waals surface area contributed by atoms with Crippen LogP contribution in [0.5, 0.6) is 0 Å². The Hall–Kier alpha value is -2.21. The predicted octanol–water partition coefficient (Wildman–Crippen LogP) is 1.11. The van der Waals surface area contributed by atoms with Crippen LogP contribution in [0.1, 0.15) is 34.2 Å².